The maximum Gasteiger partial charge on any atom is 0.125 e. The normalized spacial score (nSPS) is 14.0. The Morgan fingerprint density at radius 3 is 1.88 bits per heavy atom. The van der Waals surface area contributed by atoms with Crippen LogP contribution in [0.1, 0.15) is 20.8 Å². The summed E-state index contributed by atoms with van der Waals surface area (Å²) < 4.78 is 0. The van der Waals surface area contributed by atoms with Crippen molar-refractivity contribution in [3.8, 4) is 0 Å². The summed E-state index contributed by atoms with van der Waals surface area (Å²) in [4.78, 5) is 10.6. The Hall–Kier alpha value is -0.265. The molecule has 1 nitrogen and oxygen atoms in total. The summed E-state index contributed by atoms with van der Waals surface area (Å²) in [6.45, 7) is 5.77. The Morgan fingerprint density at radius 2 is 1.88 bits per heavy atom. The standard InChI is InChI=1S/C6H13BO/c1-4(2)6(7)5(3)8/h4,6H,7H2,1-3H3. The fraction of sp³-hybridized carbons (Fsp3) is 0.833. The van der Waals surface area contributed by atoms with Gasteiger partial charge in [-0.2, -0.15) is 0 Å². The van der Waals surface area contributed by atoms with Gasteiger partial charge in [-0.15, -0.1) is 0 Å². The lowest BCUT2D eigenvalue weighted by Gasteiger charge is -2.09. The molecule has 0 aliphatic heterocycles. The number of carbonyl (C=O) groups excluding carboxylic acids is 1. The van der Waals surface area contributed by atoms with Crippen molar-refractivity contribution in [2.24, 2.45) is 5.92 Å². The fourth-order valence-corrected chi connectivity index (χ4v) is 0.469. The summed E-state index contributed by atoms with van der Waals surface area (Å²) in [5.74, 6) is 1.02. The minimum atomic E-state index is 0.231. The van der Waals surface area contributed by atoms with Crippen molar-refractivity contribution in [3.63, 3.8) is 0 Å². The molecule has 0 saturated carbocycles. The molecule has 0 spiro atoms. The van der Waals surface area contributed by atoms with Crippen molar-refractivity contribution in [1.82, 2.24) is 0 Å². The van der Waals surface area contributed by atoms with E-state index in [1.807, 2.05) is 7.85 Å². The highest BCUT2D eigenvalue weighted by Gasteiger charge is 2.10. The van der Waals surface area contributed by atoms with Crippen LogP contribution in [0, 0.1) is 5.92 Å². The topological polar surface area (TPSA) is 17.1 Å². The molecule has 0 aromatic heterocycles. The molecule has 0 saturated heterocycles. The lowest BCUT2D eigenvalue weighted by atomic mass is 9.76. The molecule has 8 heavy (non-hydrogen) atoms. The number of rotatable bonds is 2. The average Bonchev–Trinajstić information content (AvgIpc) is 1.64. The largest absolute Gasteiger partial charge is 0.301 e. The predicted molar refractivity (Wildman–Crippen MR) is 37.8 cm³/mol. The van der Waals surface area contributed by atoms with Crippen molar-refractivity contribution in [1.29, 1.82) is 0 Å². The Kier molecular flexibility index (Phi) is 2.81. The quantitative estimate of drug-likeness (QED) is 0.479. The molecule has 1 atom stereocenters. The second kappa shape index (κ2) is 2.90. The number of Topliss-reactive ketones (excluding diaryl/α,β-unsaturated/α-hetero) is 1. The third-order valence-corrected chi connectivity index (χ3v) is 1.64. The third-order valence-electron chi connectivity index (χ3n) is 1.64. The molecule has 0 bridgehead atoms. The lowest BCUT2D eigenvalue weighted by molar-refractivity contribution is -0.117. The van der Waals surface area contributed by atoms with Crippen molar-refractivity contribution in [2.45, 2.75) is 26.6 Å². The van der Waals surface area contributed by atoms with E-state index in [1.165, 1.54) is 0 Å². The zero-order chi connectivity index (χ0) is 6.73. The van der Waals surface area contributed by atoms with Crippen LogP contribution in [0.5, 0.6) is 0 Å². The second-order valence-corrected chi connectivity index (χ2v) is 2.64. The average molecular weight is 112 g/mol. The maximum absolute atomic E-state index is 10.6. The van der Waals surface area contributed by atoms with Gasteiger partial charge in [0, 0.05) is 0 Å². The first-order chi connectivity index (χ1) is 3.55. The minimum Gasteiger partial charge on any atom is -0.301 e. The Bertz CT molecular complexity index is 88.5. The van der Waals surface area contributed by atoms with Crippen molar-refractivity contribution in [3.05, 3.63) is 0 Å². The van der Waals surface area contributed by atoms with E-state index in [1.54, 1.807) is 6.92 Å². The van der Waals surface area contributed by atoms with Gasteiger partial charge in [-0.05, 0) is 18.7 Å². The molecule has 0 fully saturated rings. The third kappa shape index (κ3) is 2.15. The van der Waals surface area contributed by atoms with E-state index in [-0.39, 0.29) is 5.82 Å². The summed E-state index contributed by atoms with van der Waals surface area (Å²) in [6.07, 6.45) is 0. The molecular formula is C6H13BO. The van der Waals surface area contributed by atoms with Crippen LogP contribution in [0.3, 0.4) is 0 Å². The van der Waals surface area contributed by atoms with Gasteiger partial charge >= 0.3 is 0 Å². The summed E-state index contributed by atoms with van der Waals surface area (Å²) in [6, 6.07) is 0. The van der Waals surface area contributed by atoms with Crippen molar-refractivity contribution < 1.29 is 4.79 Å². The maximum atomic E-state index is 10.6. The highest BCUT2D eigenvalue weighted by atomic mass is 16.1. The van der Waals surface area contributed by atoms with Gasteiger partial charge in [0.2, 0.25) is 0 Å². The van der Waals surface area contributed by atoms with E-state index in [0.717, 1.165) is 0 Å². The summed E-state index contributed by atoms with van der Waals surface area (Å²) in [7, 11) is 1.97. The molecule has 0 aromatic rings. The SMILES string of the molecule is BC(C(C)=O)C(C)C. The first-order valence-electron chi connectivity index (χ1n) is 3.06. The molecule has 0 N–H and O–H groups in total. The van der Waals surface area contributed by atoms with E-state index in [0.29, 0.717) is 11.7 Å². The van der Waals surface area contributed by atoms with E-state index in [4.69, 9.17) is 0 Å². The van der Waals surface area contributed by atoms with Gasteiger partial charge in [-0.1, -0.05) is 13.8 Å². The highest BCUT2D eigenvalue weighted by Crippen LogP contribution is 2.12. The summed E-state index contributed by atoms with van der Waals surface area (Å²) in [5, 5.41) is 0. The smallest absolute Gasteiger partial charge is 0.125 e. The molecule has 2 heteroatoms. The zero-order valence-corrected chi connectivity index (χ0v) is 6.06. The van der Waals surface area contributed by atoms with Gasteiger partial charge in [0.15, 0.2) is 0 Å². The molecule has 0 rings (SSSR count). The van der Waals surface area contributed by atoms with Crippen LogP contribution in [-0.2, 0) is 4.79 Å². The number of hydrogen-bond donors (Lipinski definition) is 0. The van der Waals surface area contributed by atoms with Crippen LogP contribution in [0.15, 0.2) is 0 Å². The molecule has 0 aromatic carbocycles. The van der Waals surface area contributed by atoms with Crippen LogP contribution in [0.25, 0.3) is 0 Å². The second-order valence-electron chi connectivity index (χ2n) is 2.64. The number of hydrogen-bond acceptors (Lipinski definition) is 1. The molecule has 1 unspecified atom stereocenters. The van der Waals surface area contributed by atoms with E-state index >= 15 is 0 Å². The minimum absolute atomic E-state index is 0.231. The molecule has 0 amide bonds. The van der Waals surface area contributed by atoms with Crippen LogP contribution >= 0.6 is 0 Å². The van der Waals surface area contributed by atoms with Gasteiger partial charge in [0.25, 0.3) is 0 Å². The van der Waals surface area contributed by atoms with Crippen LogP contribution < -0.4 is 0 Å². The van der Waals surface area contributed by atoms with E-state index in [9.17, 15) is 4.79 Å². The molecule has 0 radical (unpaired) electrons. The number of carbonyl (C=O) groups is 1. The van der Waals surface area contributed by atoms with Gasteiger partial charge in [-0.3, -0.25) is 0 Å². The summed E-state index contributed by atoms with van der Waals surface area (Å²) in [5.41, 5.74) is 0. The van der Waals surface area contributed by atoms with Crippen LogP contribution in [0.2, 0.25) is 5.82 Å². The summed E-state index contributed by atoms with van der Waals surface area (Å²) >= 11 is 0. The lowest BCUT2D eigenvalue weighted by Crippen LogP contribution is -2.10. The molecular weight excluding hydrogens is 98.9 g/mol. The first kappa shape index (κ1) is 7.73. The van der Waals surface area contributed by atoms with Crippen molar-refractivity contribution >= 4 is 13.6 Å². The Balaban J connectivity index is 3.64. The Labute approximate surface area is 51.9 Å². The number of ketones is 1. The van der Waals surface area contributed by atoms with Gasteiger partial charge in [-0.25, -0.2) is 0 Å². The zero-order valence-electron chi connectivity index (χ0n) is 6.06. The first-order valence-corrected chi connectivity index (χ1v) is 3.06. The predicted octanol–water partition coefficient (Wildman–Crippen LogP) is 0.653. The van der Waals surface area contributed by atoms with Gasteiger partial charge in [0.05, 0.1) is 0 Å². The Morgan fingerprint density at radius 1 is 1.50 bits per heavy atom. The molecule has 0 heterocycles. The molecule has 0 aliphatic carbocycles. The molecule has 46 valence electrons. The van der Waals surface area contributed by atoms with Gasteiger partial charge < -0.3 is 4.79 Å². The van der Waals surface area contributed by atoms with E-state index in [2.05, 4.69) is 13.8 Å². The van der Waals surface area contributed by atoms with Crippen molar-refractivity contribution in [2.75, 3.05) is 0 Å². The van der Waals surface area contributed by atoms with Gasteiger partial charge in [0.1, 0.15) is 13.6 Å². The highest BCUT2D eigenvalue weighted by molar-refractivity contribution is 6.23. The van der Waals surface area contributed by atoms with Crippen LogP contribution in [-0.4, -0.2) is 13.6 Å². The fourth-order valence-electron chi connectivity index (χ4n) is 0.469. The van der Waals surface area contributed by atoms with Crippen LogP contribution in [0.4, 0.5) is 0 Å². The van der Waals surface area contributed by atoms with E-state index < -0.39 is 0 Å². The molecule has 0 aliphatic rings. The monoisotopic (exact) mass is 112 g/mol.